The minimum atomic E-state index is -0.389. The molecule has 2 bridgehead atoms. The summed E-state index contributed by atoms with van der Waals surface area (Å²) in [6, 6.07) is 19.6. The maximum absolute atomic E-state index is 12.6. The summed E-state index contributed by atoms with van der Waals surface area (Å²) < 4.78 is 6.02. The van der Waals surface area contributed by atoms with Gasteiger partial charge in [0.25, 0.3) is 0 Å². The zero-order valence-electron chi connectivity index (χ0n) is 19.6. The minimum absolute atomic E-state index is 0.0444. The molecule has 2 aromatic carbocycles. The second kappa shape index (κ2) is 8.78. The topological polar surface area (TPSA) is 47.9 Å². The molecule has 32 heavy (non-hydrogen) atoms. The number of rotatable bonds is 7. The summed E-state index contributed by atoms with van der Waals surface area (Å²) in [5.41, 5.74) is 2.56. The van der Waals surface area contributed by atoms with Crippen molar-refractivity contribution >= 4 is 26.6 Å². The van der Waals surface area contributed by atoms with Crippen LogP contribution in [-0.4, -0.2) is 33.7 Å². The van der Waals surface area contributed by atoms with E-state index >= 15 is 0 Å². The Bertz CT molecular complexity index is 990. The third-order valence-electron chi connectivity index (χ3n) is 8.11. The van der Waals surface area contributed by atoms with Gasteiger partial charge in [0.2, 0.25) is 0 Å². The Hall–Kier alpha value is -1.94. The molecule has 0 aromatic heterocycles. The van der Waals surface area contributed by atoms with Gasteiger partial charge in [0.05, 0.1) is 0 Å². The van der Waals surface area contributed by atoms with Crippen LogP contribution >= 0.6 is 0 Å². The van der Waals surface area contributed by atoms with E-state index in [0.29, 0.717) is 16.3 Å². The van der Waals surface area contributed by atoms with E-state index in [1.165, 1.54) is 12.0 Å². The van der Waals surface area contributed by atoms with Crippen LogP contribution in [0.1, 0.15) is 56.5 Å². The van der Waals surface area contributed by atoms with E-state index in [4.69, 9.17) is 9.57 Å². The van der Waals surface area contributed by atoms with Gasteiger partial charge < -0.3 is 0 Å². The van der Waals surface area contributed by atoms with Gasteiger partial charge in [-0.1, -0.05) is 0 Å². The molecule has 4 rings (SSSR count). The van der Waals surface area contributed by atoms with Gasteiger partial charge in [-0.3, -0.25) is 0 Å². The third kappa shape index (κ3) is 3.85. The van der Waals surface area contributed by atoms with Crippen molar-refractivity contribution in [3.63, 3.8) is 0 Å². The van der Waals surface area contributed by atoms with Gasteiger partial charge in [0, 0.05) is 0 Å². The van der Waals surface area contributed by atoms with Crippen LogP contribution in [0.5, 0.6) is 0 Å². The fourth-order valence-corrected chi connectivity index (χ4v) is 9.49. The van der Waals surface area contributed by atoms with Crippen LogP contribution in [-0.2, 0) is 15.2 Å². The summed E-state index contributed by atoms with van der Waals surface area (Å²) in [5.74, 6) is 0.165. The first-order valence-corrected chi connectivity index (χ1v) is 13.5. The van der Waals surface area contributed by atoms with Crippen LogP contribution in [0.2, 0.25) is 10.1 Å². The third-order valence-corrected chi connectivity index (χ3v) is 11.5. The van der Waals surface area contributed by atoms with Crippen LogP contribution in [0.15, 0.2) is 65.8 Å². The van der Waals surface area contributed by atoms with E-state index in [1.807, 2.05) is 24.3 Å². The molecule has 0 aliphatic heterocycles. The number of carbonyl (C=O) groups is 1. The Morgan fingerprint density at radius 2 is 1.72 bits per heavy atom. The van der Waals surface area contributed by atoms with Gasteiger partial charge in [-0.2, -0.15) is 0 Å². The first-order valence-electron chi connectivity index (χ1n) is 11.3. The second-order valence-electron chi connectivity index (χ2n) is 9.95. The number of fused-ring (bicyclic) bond motifs is 2. The van der Waals surface area contributed by atoms with Crippen molar-refractivity contribution in [1.29, 1.82) is 0 Å². The molecule has 0 radical (unpaired) electrons. The van der Waals surface area contributed by atoms with Crippen molar-refractivity contribution in [2.75, 3.05) is 7.11 Å². The van der Waals surface area contributed by atoms with Crippen LogP contribution in [0.25, 0.3) is 0 Å². The molecular formula is C27H33NO3Se. The van der Waals surface area contributed by atoms with E-state index in [1.54, 1.807) is 19.2 Å². The average molecular weight is 499 g/mol. The molecule has 0 spiro atoms. The SMILES string of the molecule is COC(C)(C[Se][C@@H]1/C(=N/OC(=O)c2ccccc2)[C@]2(C)CC[C@H]1C2(C)C)c1ccccc1. The standard InChI is InChI=1S/C27H33NO3Se/c1-25(2)21-16-17-26(25,3)23(28-31-24(29)19-12-8-6-9-13-19)22(21)32-18-27(4,30-5)20-14-10-7-11-15-20/h6-15,21-22H,16-18H2,1-5H3/b28-23-/t21-,22+,26+,27?/m1/s1. The van der Waals surface area contributed by atoms with Gasteiger partial charge in [-0.05, 0) is 0 Å². The van der Waals surface area contributed by atoms with Gasteiger partial charge >= 0.3 is 198 Å². The fraction of sp³-hybridized carbons (Fsp3) is 0.481. The molecule has 0 saturated heterocycles. The zero-order valence-corrected chi connectivity index (χ0v) is 21.3. The molecule has 4 nitrogen and oxygen atoms in total. The molecule has 2 aromatic rings. The zero-order chi connectivity index (χ0) is 23.0. The Morgan fingerprint density at radius 3 is 2.34 bits per heavy atom. The molecule has 5 heteroatoms. The summed E-state index contributed by atoms with van der Waals surface area (Å²) in [7, 11) is 1.80. The second-order valence-corrected chi connectivity index (χ2v) is 12.3. The summed E-state index contributed by atoms with van der Waals surface area (Å²) in [6.45, 7) is 9.21. The molecule has 2 fully saturated rings. The molecule has 0 N–H and O–H groups in total. The van der Waals surface area contributed by atoms with Gasteiger partial charge in [-0.15, -0.1) is 0 Å². The first-order chi connectivity index (χ1) is 15.2. The summed E-state index contributed by atoms with van der Waals surface area (Å²) in [6.07, 6.45) is 2.30. The van der Waals surface area contributed by atoms with Crippen molar-refractivity contribution in [2.24, 2.45) is 21.9 Å². The van der Waals surface area contributed by atoms with Crippen LogP contribution < -0.4 is 0 Å². The van der Waals surface area contributed by atoms with Crippen molar-refractivity contribution in [2.45, 2.75) is 56.3 Å². The van der Waals surface area contributed by atoms with E-state index in [-0.39, 0.29) is 37.4 Å². The van der Waals surface area contributed by atoms with Crippen molar-refractivity contribution in [3.05, 3.63) is 71.8 Å². The normalized spacial score (nSPS) is 29.1. The molecule has 0 amide bonds. The summed E-state index contributed by atoms with van der Waals surface area (Å²) >= 11 is 0.249. The Kier molecular flexibility index (Phi) is 6.37. The van der Waals surface area contributed by atoms with Crippen LogP contribution in [0.4, 0.5) is 0 Å². The van der Waals surface area contributed by atoms with Gasteiger partial charge in [-0.25, -0.2) is 0 Å². The van der Waals surface area contributed by atoms with E-state index < -0.39 is 0 Å². The molecule has 2 saturated carbocycles. The molecule has 2 aliphatic carbocycles. The Labute approximate surface area is 197 Å². The quantitative estimate of drug-likeness (QED) is 0.262. The summed E-state index contributed by atoms with van der Waals surface area (Å²) in [4.78, 5) is 18.5. The van der Waals surface area contributed by atoms with Gasteiger partial charge in [0.15, 0.2) is 0 Å². The predicted molar refractivity (Wildman–Crippen MR) is 129 cm³/mol. The van der Waals surface area contributed by atoms with Crippen molar-refractivity contribution in [1.82, 2.24) is 0 Å². The Balaban J connectivity index is 1.59. The predicted octanol–water partition coefficient (Wildman–Crippen LogP) is 6.13. The average Bonchev–Trinajstić information content (AvgIpc) is 3.14. The molecule has 4 atom stereocenters. The number of oxime groups is 1. The van der Waals surface area contributed by atoms with Crippen molar-refractivity contribution in [3.8, 4) is 0 Å². The maximum atomic E-state index is 12.6. The monoisotopic (exact) mass is 499 g/mol. The number of hydrogen-bond donors (Lipinski definition) is 0. The number of ether oxygens (including phenoxy) is 1. The fourth-order valence-electron chi connectivity index (χ4n) is 5.39. The number of methoxy groups -OCH3 is 1. The van der Waals surface area contributed by atoms with E-state index in [9.17, 15) is 4.79 Å². The molecule has 2 aliphatic rings. The number of benzene rings is 2. The van der Waals surface area contributed by atoms with Crippen LogP contribution in [0, 0.1) is 16.7 Å². The van der Waals surface area contributed by atoms with Gasteiger partial charge in [0.1, 0.15) is 0 Å². The number of hydrogen-bond acceptors (Lipinski definition) is 4. The Morgan fingerprint density at radius 1 is 1.09 bits per heavy atom. The van der Waals surface area contributed by atoms with E-state index in [0.717, 1.165) is 17.5 Å². The number of nitrogens with zero attached hydrogens (tertiary/aromatic N) is 1. The molecular weight excluding hydrogens is 465 g/mol. The molecule has 170 valence electrons. The molecule has 0 heterocycles. The molecule has 1 unspecified atom stereocenters. The summed E-state index contributed by atoms with van der Waals surface area (Å²) in [5, 5.41) is 5.52. The first kappa shape index (κ1) is 23.2. The van der Waals surface area contributed by atoms with Crippen molar-refractivity contribution < 1.29 is 14.4 Å². The van der Waals surface area contributed by atoms with E-state index in [2.05, 4.69) is 57.1 Å². The van der Waals surface area contributed by atoms with Crippen LogP contribution in [0.3, 0.4) is 0 Å². The number of carbonyl (C=O) groups excluding carboxylic acids is 1.